The Morgan fingerprint density at radius 2 is 2.10 bits per heavy atom. The third kappa shape index (κ3) is 3.42. The summed E-state index contributed by atoms with van der Waals surface area (Å²) in [5.41, 5.74) is 5.23. The monoisotopic (exact) mass is 281 g/mol. The van der Waals surface area contributed by atoms with Gasteiger partial charge in [-0.1, -0.05) is 31.2 Å². The van der Waals surface area contributed by atoms with Gasteiger partial charge in [-0.2, -0.15) is 0 Å². The Kier molecular flexibility index (Phi) is 4.51. The van der Waals surface area contributed by atoms with E-state index in [0.717, 1.165) is 38.3 Å². The summed E-state index contributed by atoms with van der Waals surface area (Å²) in [6.45, 7) is 6.16. The Hall–Kier alpha value is -1.87. The number of benzene rings is 1. The first-order chi connectivity index (χ1) is 10.4. The number of nitrogens with zero attached hydrogens (tertiary/aromatic N) is 2. The number of pyridine rings is 1. The van der Waals surface area contributed by atoms with Gasteiger partial charge in [0, 0.05) is 25.0 Å². The maximum atomic E-state index is 4.61. The third-order valence-electron chi connectivity index (χ3n) is 3.98. The highest BCUT2D eigenvalue weighted by atomic mass is 15.2. The van der Waals surface area contributed by atoms with E-state index in [2.05, 4.69) is 58.5 Å². The van der Waals surface area contributed by atoms with E-state index in [4.69, 9.17) is 0 Å². The fraction of sp³-hybridized carbons (Fsp3) is 0.389. The summed E-state index contributed by atoms with van der Waals surface area (Å²) < 4.78 is 0. The van der Waals surface area contributed by atoms with Crippen LogP contribution in [-0.2, 0) is 19.5 Å². The second-order valence-corrected chi connectivity index (χ2v) is 5.63. The zero-order valence-corrected chi connectivity index (χ0v) is 12.7. The Morgan fingerprint density at radius 1 is 1.19 bits per heavy atom. The van der Waals surface area contributed by atoms with Crippen LogP contribution >= 0.6 is 0 Å². The van der Waals surface area contributed by atoms with Gasteiger partial charge in [-0.05, 0) is 42.6 Å². The lowest BCUT2D eigenvalue weighted by molar-refractivity contribution is 0.673. The topological polar surface area (TPSA) is 28.2 Å². The summed E-state index contributed by atoms with van der Waals surface area (Å²) >= 11 is 0. The van der Waals surface area contributed by atoms with Crippen LogP contribution in [-0.4, -0.2) is 18.1 Å². The van der Waals surface area contributed by atoms with E-state index in [0.29, 0.717) is 0 Å². The summed E-state index contributed by atoms with van der Waals surface area (Å²) in [4.78, 5) is 7.04. The first-order valence-electron chi connectivity index (χ1n) is 7.84. The van der Waals surface area contributed by atoms with Crippen molar-refractivity contribution in [3.8, 4) is 0 Å². The van der Waals surface area contributed by atoms with Crippen LogP contribution in [0.5, 0.6) is 0 Å². The molecule has 0 radical (unpaired) electrons. The SMILES string of the molecule is CCCNCc1ccc(CN2CCc3ccccc32)nc1. The molecule has 0 atom stereocenters. The number of aromatic nitrogens is 1. The Bertz CT molecular complexity index is 577. The number of rotatable bonds is 6. The molecule has 0 saturated heterocycles. The van der Waals surface area contributed by atoms with E-state index in [-0.39, 0.29) is 0 Å². The second kappa shape index (κ2) is 6.72. The molecule has 0 fully saturated rings. The van der Waals surface area contributed by atoms with Gasteiger partial charge in [0.25, 0.3) is 0 Å². The molecule has 0 aliphatic carbocycles. The predicted molar refractivity (Wildman–Crippen MR) is 87.4 cm³/mol. The predicted octanol–water partition coefficient (Wildman–Crippen LogP) is 3.14. The van der Waals surface area contributed by atoms with Gasteiger partial charge in [0.1, 0.15) is 0 Å². The van der Waals surface area contributed by atoms with Crippen LogP contribution in [0.25, 0.3) is 0 Å². The van der Waals surface area contributed by atoms with E-state index in [1.807, 2.05) is 6.20 Å². The first-order valence-corrected chi connectivity index (χ1v) is 7.84. The summed E-state index contributed by atoms with van der Waals surface area (Å²) in [5, 5.41) is 3.41. The minimum atomic E-state index is 0.902. The molecule has 1 aromatic heterocycles. The molecule has 0 spiro atoms. The molecule has 2 aromatic rings. The van der Waals surface area contributed by atoms with Crippen LogP contribution in [0.2, 0.25) is 0 Å². The van der Waals surface area contributed by atoms with Crippen molar-refractivity contribution < 1.29 is 0 Å². The summed E-state index contributed by atoms with van der Waals surface area (Å²) in [7, 11) is 0. The van der Waals surface area contributed by atoms with Crippen molar-refractivity contribution in [3.63, 3.8) is 0 Å². The van der Waals surface area contributed by atoms with Gasteiger partial charge in [-0.15, -0.1) is 0 Å². The number of para-hydroxylation sites is 1. The molecule has 21 heavy (non-hydrogen) atoms. The molecular formula is C18H23N3. The molecule has 1 N–H and O–H groups in total. The lowest BCUT2D eigenvalue weighted by Crippen LogP contribution is -2.20. The second-order valence-electron chi connectivity index (χ2n) is 5.63. The van der Waals surface area contributed by atoms with Crippen molar-refractivity contribution in [3.05, 3.63) is 59.4 Å². The smallest absolute Gasteiger partial charge is 0.0602 e. The highest BCUT2D eigenvalue weighted by molar-refractivity contribution is 5.57. The summed E-state index contributed by atoms with van der Waals surface area (Å²) in [6.07, 6.45) is 4.31. The van der Waals surface area contributed by atoms with Crippen molar-refractivity contribution in [1.29, 1.82) is 0 Å². The number of hydrogen-bond donors (Lipinski definition) is 1. The van der Waals surface area contributed by atoms with Gasteiger partial charge in [0.15, 0.2) is 0 Å². The minimum Gasteiger partial charge on any atom is -0.365 e. The molecule has 2 heterocycles. The fourth-order valence-corrected chi connectivity index (χ4v) is 2.83. The van der Waals surface area contributed by atoms with Gasteiger partial charge in [-0.3, -0.25) is 4.98 Å². The molecule has 0 amide bonds. The van der Waals surface area contributed by atoms with Gasteiger partial charge >= 0.3 is 0 Å². The first kappa shape index (κ1) is 14.1. The van der Waals surface area contributed by atoms with E-state index >= 15 is 0 Å². The number of anilines is 1. The van der Waals surface area contributed by atoms with E-state index in [1.165, 1.54) is 23.2 Å². The van der Waals surface area contributed by atoms with Crippen LogP contribution in [0.3, 0.4) is 0 Å². The molecule has 0 unspecified atom stereocenters. The average molecular weight is 281 g/mol. The largest absolute Gasteiger partial charge is 0.365 e. The van der Waals surface area contributed by atoms with Crippen LogP contribution in [0, 0.1) is 0 Å². The molecule has 0 bridgehead atoms. The normalized spacial score (nSPS) is 13.5. The van der Waals surface area contributed by atoms with E-state index in [1.54, 1.807) is 0 Å². The molecule has 3 nitrogen and oxygen atoms in total. The highest BCUT2D eigenvalue weighted by Gasteiger charge is 2.18. The Morgan fingerprint density at radius 3 is 2.90 bits per heavy atom. The molecule has 3 rings (SSSR count). The molecule has 0 saturated carbocycles. The van der Waals surface area contributed by atoms with Crippen LogP contribution in [0.15, 0.2) is 42.6 Å². The molecule has 110 valence electrons. The zero-order chi connectivity index (χ0) is 14.5. The minimum absolute atomic E-state index is 0.902. The van der Waals surface area contributed by atoms with Crippen molar-refractivity contribution in [2.45, 2.75) is 32.9 Å². The highest BCUT2D eigenvalue weighted by Crippen LogP contribution is 2.28. The number of hydrogen-bond acceptors (Lipinski definition) is 3. The van der Waals surface area contributed by atoms with Crippen LogP contribution in [0.4, 0.5) is 5.69 Å². The number of nitrogens with one attached hydrogen (secondary N) is 1. The molecule has 3 heteroatoms. The van der Waals surface area contributed by atoms with Gasteiger partial charge in [0.05, 0.1) is 12.2 Å². The molecule has 1 aliphatic rings. The fourth-order valence-electron chi connectivity index (χ4n) is 2.83. The summed E-state index contributed by atoms with van der Waals surface area (Å²) in [5.74, 6) is 0. The lowest BCUT2D eigenvalue weighted by atomic mass is 10.2. The van der Waals surface area contributed by atoms with Crippen molar-refractivity contribution in [2.75, 3.05) is 18.0 Å². The standard InChI is InChI=1S/C18H23N3/c1-2-10-19-12-15-7-8-17(20-13-15)14-21-11-9-16-5-3-4-6-18(16)21/h3-8,13,19H,2,9-12,14H2,1H3. The van der Waals surface area contributed by atoms with Crippen LogP contribution in [0.1, 0.15) is 30.2 Å². The van der Waals surface area contributed by atoms with Gasteiger partial charge in [0.2, 0.25) is 0 Å². The zero-order valence-electron chi connectivity index (χ0n) is 12.7. The van der Waals surface area contributed by atoms with Crippen molar-refractivity contribution in [2.24, 2.45) is 0 Å². The number of fused-ring (bicyclic) bond motifs is 1. The maximum absolute atomic E-state index is 4.61. The Balaban J connectivity index is 1.61. The lowest BCUT2D eigenvalue weighted by Gasteiger charge is -2.19. The Labute approximate surface area is 127 Å². The van der Waals surface area contributed by atoms with Crippen molar-refractivity contribution >= 4 is 5.69 Å². The molecular weight excluding hydrogens is 258 g/mol. The third-order valence-corrected chi connectivity index (χ3v) is 3.98. The summed E-state index contributed by atoms with van der Waals surface area (Å²) in [6, 6.07) is 13.0. The molecule has 1 aliphatic heterocycles. The van der Waals surface area contributed by atoms with Crippen molar-refractivity contribution in [1.82, 2.24) is 10.3 Å². The van der Waals surface area contributed by atoms with Gasteiger partial charge in [-0.25, -0.2) is 0 Å². The molecule has 1 aromatic carbocycles. The quantitative estimate of drug-likeness (QED) is 0.825. The maximum Gasteiger partial charge on any atom is 0.0602 e. The average Bonchev–Trinajstić information content (AvgIpc) is 2.93. The van der Waals surface area contributed by atoms with Crippen LogP contribution < -0.4 is 10.2 Å². The van der Waals surface area contributed by atoms with Gasteiger partial charge < -0.3 is 10.2 Å². The van der Waals surface area contributed by atoms with E-state index < -0.39 is 0 Å². The van der Waals surface area contributed by atoms with E-state index in [9.17, 15) is 0 Å².